The maximum atomic E-state index is 6.08. The molecule has 1 aliphatic rings. The quantitative estimate of drug-likeness (QED) is 0.853. The van der Waals surface area contributed by atoms with Crippen molar-refractivity contribution in [2.75, 3.05) is 6.61 Å². The molecule has 0 heterocycles. The van der Waals surface area contributed by atoms with Crippen LogP contribution in [0.3, 0.4) is 0 Å². The summed E-state index contributed by atoms with van der Waals surface area (Å²) in [6, 6.07) is 8.57. The molecule has 1 N–H and O–H groups in total. The van der Waals surface area contributed by atoms with Crippen LogP contribution in [0.4, 0.5) is 0 Å². The van der Waals surface area contributed by atoms with Crippen LogP contribution in [-0.4, -0.2) is 18.8 Å². The first-order valence-corrected chi connectivity index (χ1v) is 6.25. The van der Waals surface area contributed by atoms with Crippen molar-refractivity contribution in [3.05, 3.63) is 34.9 Å². The predicted octanol–water partition coefficient (Wildman–Crippen LogP) is 3.00. The van der Waals surface area contributed by atoms with Crippen molar-refractivity contribution in [2.24, 2.45) is 0 Å². The fourth-order valence-electron chi connectivity index (χ4n) is 2.00. The molecule has 0 aliphatic heterocycles. The molecule has 0 bridgehead atoms. The Labute approximate surface area is 102 Å². The first-order valence-electron chi connectivity index (χ1n) is 5.88. The summed E-state index contributed by atoms with van der Waals surface area (Å²) in [4.78, 5) is 0. The third kappa shape index (κ3) is 2.97. The van der Waals surface area contributed by atoms with Crippen LogP contribution in [0.1, 0.15) is 25.3 Å². The Balaban J connectivity index is 1.72. The Bertz CT molecular complexity index is 336. The Morgan fingerprint density at radius 3 is 2.81 bits per heavy atom. The highest BCUT2D eigenvalue weighted by atomic mass is 35.5. The summed E-state index contributed by atoms with van der Waals surface area (Å²) in [7, 11) is 0. The van der Waals surface area contributed by atoms with Gasteiger partial charge in [-0.15, -0.1) is 0 Å². The highest BCUT2D eigenvalue weighted by Gasteiger charge is 2.28. The third-order valence-corrected chi connectivity index (χ3v) is 3.40. The lowest BCUT2D eigenvalue weighted by molar-refractivity contribution is -0.0102. The molecule has 1 fully saturated rings. The lowest BCUT2D eigenvalue weighted by Gasteiger charge is -2.35. The standard InChI is InChI=1S/C13H18ClNO/c1-2-16-12-7-11(8-12)15-9-10-5-3-4-6-13(10)14/h3-6,11-12,15H,2,7-9H2,1H3. The SMILES string of the molecule is CCOC1CC(NCc2ccccc2Cl)C1. The minimum absolute atomic E-state index is 0.466. The fraction of sp³-hybridized carbons (Fsp3) is 0.538. The molecule has 0 unspecified atom stereocenters. The van der Waals surface area contributed by atoms with Crippen LogP contribution < -0.4 is 5.32 Å². The van der Waals surface area contributed by atoms with Gasteiger partial charge in [-0.05, 0) is 31.4 Å². The molecule has 1 aliphatic carbocycles. The van der Waals surface area contributed by atoms with E-state index in [2.05, 4.69) is 11.4 Å². The number of hydrogen-bond acceptors (Lipinski definition) is 2. The summed E-state index contributed by atoms with van der Waals surface area (Å²) < 4.78 is 5.52. The number of nitrogens with one attached hydrogen (secondary N) is 1. The lowest BCUT2D eigenvalue weighted by atomic mass is 9.89. The summed E-state index contributed by atoms with van der Waals surface area (Å²) in [5, 5.41) is 4.34. The van der Waals surface area contributed by atoms with Gasteiger partial charge in [-0.1, -0.05) is 29.8 Å². The number of halogens is 1. The number of ether oxygens (including phenoxy) is 1. The molecule has 0 spiro atoms. The van der Waals surface area contributed by atoms with Crippen molar-refractivity contribution >= 4 is 11.6 Å². The van der Waals surface area contributed by atoms with Crippen LogP contribution in [0, 0.1) is 0 Å². The van der Waals surface area contributed by atoms with Gasteiger partial charge in [0.25, 0.3) is 0 Å². The lowest BCUT2D eigenvalue weighted by Crippen LogP contribution is -2.45. The molecule has 3 heteroatoms. The van der Waals surface area contributed by atoms with E-state index in [0.29, 0.717) is 12.1 Å². The molecule has 1 saturated carbocycles. The molecule has 0 amide bonds. The molecule has 1 aromatic carbocycles. The van der Waals surface area contributed by atoms with Gasteiger partial charge in [-0.25, -0.2) is 0 Å². The van der Waals surface area contributed by atoms with Gasteiger partial charge in [0, 0.05) is 24.2 Å². The second-order valence-corrected chi connectivity index (χ2v) is 4.63. The van der Waals surface area contributed by atoms with Crippen LogP contribution in [0.25, 0.3) is 0 Å². The molecule has 0 atom stereocenters. The molecular formula is C13H18ClNO. The maximum absolute atomic E-state index is 6.08. The van der Waals surface area contributed by atoms with Crippen molar-refractivity contribution in [1.82, 2.24) is 5.32 Å². The van der Waals surface area contributed by atoms with Crippen LogP contribution in [0.15, 0.2) is 24.3 Å². The summed E-state index contributed by atoms with van der Waals surface area (Å²) in [6.45, 7) is 3.72. The van der Waals surface area contributed by atoms with Crippen molar-refractivity contribution < 1.29 is 4.74 Å². The first-order chi connectivity index (χ1) is 7.79. The third-order valence-electron chi connectivity index (χ3n) is 3.04. The monoisotopic (exact) mass is 239 g/mol. The van der Waals surface area contributed by atoms with E-state index in [1.54, 1.807) is 0 Å². The zero-order valence-corrected chi connectivity index (χ0v) is 10.3. The van der Waals surface area contributed by atoms with Crippen LogP contribution in [-0.2, 0) is 11.3 Å². The molecule has 88 valence electrons. The van der Waals surface area contributed by atoms with Crippen LogP contribution in [0.2, 0.25) is 5.02 Å². The zero-order chi connectivity index (χ0) is 11.4. The van der Waals surface area contributed by atoms with Crippen LogP contribution >= 0.6 is 11.6 Å². The predicted molar refractivity (Wildman–Crippen MR) is 66.7 cm³/mol. The minimum atomic E-state index is 0.466. The van der Waals surface area contributed by atoms with E-state index in [0.717, 1.165) is 31.0 Å². The van der Waals surface area contributed by atoms with Gasteiger partial charge in [-0.3, -0.25) is 0 Å². The Kier molecular flexibility index (Phi) is 4.22. The van der Waals surface area contributed by atoms with Gasteiger partial charge in [-0.2, -0.15) is 0 Å². The molecule has 16 heavy (non-hydrogen) atoms. The van der Waals surface area contributed by atoms with E-state index in [-0.39, 0.29) is 0 Å². The van der Waals surface area contributed by atoms with Gasteiger partial charge in [0.1, 0.15) is 0 Å². The number of rotatable bonds is 5. The van der Waals surface area contributed by atoms with E-state index < -0.39 is 0 Å². The molecule has 2 nitrogen and oxygen atoms in total. The van der Waals surface area contributed by atoms with Crippen molar-refractivity contribution in [3.8, 4) is 0 Å². The Hall–Kier alpha value is -0.570. The molecule has 0 radical (unpaired) electrons. The van der Waals surface area contributed by atoms with E-state index in [4.69, 9.17) is 16.3 Å². The smallest absolute Gasteiger partial charge is 0.0604 e. The summed E-state index contributed by atoms with van der Waals surface area (Å²) in [6.07, 6.45) is 2.71. The summed E-state index contributed by atoms with van der Waals surface area (Å²) in [5.41, 5.74) is 1.17. The van der Waals surface area contributed by atoms with Gasteiger partial charge in [0.05, 0.1) is 6.10 Å². The summed E-state index contributed by atoms with van der Waals surface area (Å²) >= 11 is 6.08. The molecule has 0 saturated heterocycles. The Morgan fingerprint density at radius 1 is 1.38 bits per heavy atom. The van der Waals surface area contributed by atoms with Crippen LogP contribution in [0.5, 0.6) is 0 Å². The van der Waals surface area contributed by atoms with Gasteiger partial charge >= 0.3 is 0 Å². The van der Waals surface area contributed by atoms with Crippen molar-refractivity contribution in [2.45, 2.75) is 38.5 Å². The van der Waals surface area contributed by atoms with Crippen molar-refractivity contribution in [3.63, 3.8) is 0 Å². The van der Waals surface area contributed by atoms with E-state index in [1.165, 1.54) is 5.56 Å². The second kappa shape index (κ2) is 5.67. The molecule has 1 aromatic rings. The van der Waals surface area contributed by atoms with Crippen molar-refractivity contribution in [1.29, 1.82) is 0 Å². The minimum Gasteiger partial charge on any atom is -0.378 e. The normalized spacial score (nSPS) is 24.1. The van der Waals surface area contributed by atoms with E-state index in [9.17, 15) is 0 Å². The fourth-order valence-corrected chi connectivity index (χ4v) is 2.20. The largest absolute Gasteiger partial charge is 0.378 e. The molecular weight excluding hydrogens is 222 g/mol. The average Bonchev–Trinajstić information content (AvgIpc) is 2.23. The second-order valence-electron chi connectivity index (χ2n) is 4.22. The first kappa shape index (κ1) is 11.9. The number of benzene rings is 1. The summed E-state index contributed by atoms with van der Waals surface area (Å²) in [5.74, 6) is 0. The topological polar surface area (TPSA) is 21.3 Å². The zero-order valence-electron chi connectivity index (χ0n) is 9.58. The van der Waals surface area contributed by atoms with E-state index >= 15 is 0 Å². The number of hydrogen-bond donors (Lipinski definition) is 1. The maximum Gasteiger partial charge on any atom is 0.0604 e. The van der Waals surface area contributed by atoms with Gasteiger partial charge in [0.15, 0.2) is 0 Å². The molecule has 2 rings (SSSR count). The highest BCUT2D eigenvalue weighted by molar-refractivity contribution is 6.31. The van der Waals surface area contributed by atoms with E-state index in [1.807, 2.05) is 25.1 Å². The Morgan fingerprint density at radius 2 is 2.12 bits per heavy atom. The van der Waals surface area contributed by atoms with Gasteiger partial charge in [0.2, 0.25) is 0 Å². The molecule has 0 aromatic heterocycles. The van der Waals surface area contributed by atoms with Gasteiger partial charge < -0.3 is 10.1 Å². The highest BCUT2D eigenvalue weighted by Crippen LogP contribution is 2.24. The average molecular weight is 240 g/mol.